The summed E-state index contributed by atoms with van der Waals surface area (Å²) in [6, 6.07) is 11.9. The zero-order valence-corrected chi connectivity index (χ0v) is 15.2. The van der Waals surface area contributed by atoms with E-state index in [-0.39, 0.29) is 5.56 Å². The fourth-order valence-electron chi connectivity index (χ4n) is 3.67. The molecule has 0 radical (unpaired) electrons. The highest BCUT2D eigenvalue weighted by molar-refractivity contribution is 5.41. The van der Waals surface area contributed by atoms with Gasteiger partial charge in [0.25, 0.3) is 5.56 Å². The van der Waals surface area contributed by atoms with Gasteiger partial charge in [0, 0.05) is 42.5 Å². The normalized spacial score (nSPS) is 17.8. The second kappa shape index (κ2) is 6.96. The molecular weight excluding hydrogens is 328 g/mol. The van der Waals surface area contributed by atoms with Crippen molar-refractivity contribution in [3.05, 3.63) is 63.7 Å². The van der Waals surface area contributed by atoms with Gasteiger partial charge in [0.1, 0.15) is 5.75 Å². The van der Waals surface area contributed by atoms with Gasteiger partial charge in [0.2, 0.25) is 0 Å². The minimum Gasteiger partial charge on any atom is -0.497 e. The van der Waals surface area contributed by atoms with Crippen LogP contribution in [0.25, 0.3) is 5.65 Å². The highest BCUT2D eigenvalue weighted by atomic mass is 16.5. The van der Waals surface area contributed by atoms with E-state index in [4.69, 9.17) is 4.74 Å². The van der Waals surface area contributed by atoms with Crippen molar-refractivity contribution in [1.82, 2.24) is 19.5 Å². The molecule has 26 heavy (non-hydrogen) atoms. The maximum Gasteiger partial charge on any atom is 0.272 e. The molecule has 0 amide bonds. The lowest BCUT2D eigenvalue weighted by Gasteiger charge is -2.16. The van der Waals surface area contributed by atoms with Crippen molar-refractivity contribution in [3.8, 4) is 5.75 Å². The first-order valence-electron chi connectivity index (χ1n) is 9.13. The number of ether oxygens (including phenoxy) is 1. The monoisotopic (exact) mass is 352 g/mol. The van der Waals surface area contributed by atoms with Crippen molar-refractivity contribution < 1.29 is 4.74 Å². The van der Waals surface area contributed by atoms with Crippen molar-refractivity contribution in [2.45, 2.75) is 32.2 Å². The van der Waals surface area contributed by atoms with Crippen molar-refractivity contribution in [3.63, 3.8) is 0 Å². The Morgan fingerprint density at radius 2 is 2.08 bits per heavy atom. The van der Waals surface area contributed by atoms with Crippen LogP contribution in [0.5, 0.6) is 5.75 Å². The molecule has 0 spiro atoms. The van der Waals surface area contributed by atoms with Crippen molar-refractivity contribution >= 4 is 5.65 Å². The molecule has 1 fully saturated rings. The lowest BCUT2D eigenvalue weighted by Crippen LogP contribution is -2.20. The summed E-state index contributed by atoms with van der Waals surface area (Å²) in [5, 5.41) is 3.26. The Balaban J connectivity index is 1.48. The molecule has 0 saturated carbocycles. The fraction of sp³-hybridized carbons (Fsp3) is 0.400. The Labute approximate surface area is 152 Å². The maximum atomic E-state index is 12.2. The van der Waals surface area contributed by atoms with Gasteiger partial charge in [-0.05, 0) is 37.1 Å². The van der Waals surface area contributed by atoms with Crippen LogP contribution >= 0.6 is 0 Å². The van der Waals surface area contributed by atoms with E-state index in [0.717, 1.165) is 55.3 Å². The molecule has 1 saturated heterocycles. The lowest BCUT2D eigenvalue weighted by molar-refractivity contribution is 0.326. The second-order valence-corrected chi connectivity index (χ2v) is 6.91. The molecule has 1 aliphatic heterocycles. The van der Waals surface area contributed by atoms with Crippen LogP contribution in [0.3, 0.4) is 0 Å². The van der Waals surface area contributed by atoms with Crippen LogP contribution in [0.15, 0.2) is 41.2 Å². The van der Waals surface area contributed by atoms with Gasteiger partial charge >= 0.3 is 0 Å². The SMILES string of the molecule is CCc1cc(=O)n2[nH]c([C@H]3CCN(Cc4ccc(OC)cc4)C3)cc2n1. The second-order valence-electron chi connectivity index (χ2n) is 6.91. The number of aromatic nitrogens is 3. The molecule has 1 aromatic carbocycles. The van der Waals surface area contributed by atoms with Crippen LogP contribution < -0.4 is 10.3 Å². The van der Waals surface area contributed by atoms with Crippen molar-refractivity contribution in [1.29, 1.82) is 0 Å². The number of nitrogens with one attached hydrogen (secondary N) is 1. The molecular formula is C20H24N4O2. The molecule has 6 nitrogen and oxygen atoms in total. The molecule has 0 unspecified atom stereocenters. The number of H-pyrrole nitrogens is 1. The van der Waals surface area contributed by atoms with Gasteiger partial charge in [0.15, 0.2) is 5.65 Å². The summed E-state index contributed by atoms with van der Waals surface area (Å²) in [6.45, 7) is 4.97. The predicted molar refractivity (Wildman–Crippen MR) is 101 cm³/mol. The zero-order valence-electron chi connectivity index (χ0n) is 15.2. The number of hydrogen-bond donors (Lipinski definition) is 1. The number of hydrogen-bond acceptors (Lipinski definition) is 4. The van der Waals surface area contributed by atoms with Gasteiger partial charge in [-0.1, -0.05) is 19.1 Å². The van der Waals surface area contributed by atoms with Gasteiger partial charge < -0.3 is 4.74 Å². The Morgan fingerprint density at radius 1 is 1.27 bits per heavy atom. The number of aromatic amines is 1. The number of nitrogens with zero attached hydrogens (tertiary/aromatic N) is 3. The molecule has 3 heterocycles. The fourth-order valence-corrected chi connectivity index (χ4v) is 3.67. The first-order chi connectivity index (χ1) is 12.7. The van der Waals surface area contributed by atoms with E-state index < -0.39 is 0 Å². The molecule has 0 bridgehead atoms. The number of methoxy groups -OCH3 is 1. The predicted octanol–water partition coefficient (Wildman–Crippen LogP) is 2.58. The number of rotatable bonds is 5. The quantitative estimate of drug-likeness (QED) is 0.767. The van der Waals surface area contributed by atoms with E-state index in [0.29, 0.717) is 5.92 Å². The largest absolute Gasteiger partial charge is 0.497 e. The van der Waals surface area contributed by atoms with Crippen LogP contribution in [0.4, 0.5) is 0 Å². The summed E-state index contributed by atoms with van der Waals surface area (Å²) in [6.07, 6.45) is 1.85. The van der Waals surface area contributed by atoms with Crippen LogP contribution in [-0.4, -0.2) is 39.7 Å². The highest BCUT2D eigenvalue weighted by Gasteiger charge is 2.25. The van der Waals surface area contributed by atoms with Crippen LogP contribution in [0.1, 0.15) is 36.2 Å². The molecule has 4 rings (SSSR count). The summed E-state index contributed by atoms with van der Waals surface area (Å²) >= 11 is 0. The van der Waals surface area contributed by atoms with Gasteiger partial charge in [-0.3, -0.25) is 14.8 Å². The van der Waals surface area contributed by atoms with E-state index in [1.54, 1.807) is 17.7 Å². The van der Waals surface area contributed by atoms with Crippen LogP contribution in [0, 0.1) is 0 Å². The van der Waals surface area contributed by atoms with Gasteiger partial charge in [0.05, 0.1) is 7.11 Å². The van der Waals surface area contributed by atoms with Gasteiger partial charge in [-0.15, -0.1) is 0 Å². The Bertz CT molecular complexity index is 958. The minimum absolute atomic E-state index is 0.0359. The van der Waals surface area contributed by atoms with E-state index in [1.165, 1.54) is 5.56 Å². The first kappa shape index (κ1) is 16.8. The van der Waals surface area contributed by atoms with E-state index in [1.807, 2.05) is 25.1 Å². The summed E-state index contributed by atoms with van der Waals surface area (Å²) < 4.78 is 6.77. The highest BCUT2D eigenvalue weighted by Crippen LogP contribution is 2.28. The topological polar surface area (TPSA) is 62.6 Å². The summed E-state index contributed by atoms with van der Waals surface area (Å²) in [5.41, 5.74) is 3.91. The number of aryl methyl sites for hydroxylation is 1. The standard InChI is InChI=1S/C20H24N4O2/c1-3-16-10-20(25)24-19(21-16)11-18(22-24)15-8-9-23(13-15)12-14-4-6-17(26-2)7-5-14/h4-7,10-11,15,22H,3,8-9,12-13H2,1-2H3/t15-/m0/s1. The van der Waals surface area contributed by atoms with Crippen molar-refractivity contribution in [2.24, 2.45) is 0 Å². The summed E-state index contributed by atoms with van der Waals surface area (Å²) in [7, 11) is 1.68. The summed E-state index contributed by atoms with van der Waals surface area (Å²) in [4.78, 5) is 19.2. The average Bonchev–Trinajstić information content (AvgIpc) is 3.29. The third-order valence-corrected chi connectivity index (χ3v) is 5.16. The van der Waals surface area contributed by atoms with Gasteiger partial charge in [-0.25, -0.2) is 9.50 Å². The number of benzene rings is 1. The first-order valence-corrected chi connectivity index (χ1v) is 9.13. The smallest absolute Gasteiger partial charge is 0.272 e. The Morgan fingerprint density at radius 3 is 2.81 bits per heavy atom. The molecule has 1 atom stereocenters. The molecule has 3 aromatic rings. The van der Waals surface area contributed by atoms with Gasteiger partial charge in [-0.2, -0.15) is 0 Å². The van der Waals surface area contributed by atoms with Crippen molar-refractivity contribution in [2.75, 3.05) is 20.2 Å². The van der Waals surface area contributed by atoms with Crippen LogP contribution in [-0.2, 0) is 13.0 Å². The number of likely N-dealkylation sites (tertiary alicyclic amines) is 1. The lowest BCUT2D eigenvalue weighted by atomic mass is 10.1. The number of fused-ring (bicyclic) bond motifs is 1. The van der Waals surface area contributed by atoms with E-state index >= 15 is 0 Å². The molecule has 1 aliphatic rings. The third-order valence-electron chi connectivity index (χ3n) is 5.16. The Kier molecular flexibility index (Phi) is 4.51. The van der Waals surface area contributed by atoms with E-state index in [9.17, 15) is 4.79 Å². The zero-order chi connectivity index (χ0) is 18.1. The third kappa shape index (κ3) is 3.24. The van der Waals surface area contributed by atoms with E-state index in [2.05, 4.69) is 27.1 Å². The molecule has 0 aliphatic carbocycles. The molecule has 6 heteroatoms. The minimum atomic E-state index is -0.0359. The summed E-state index contributed by atoms with van der Waals surface area (Å²) in [5.74, 6) is 1.29. The van der Waals surface area contributed by atoms with Crippen LogP contribution in [0.2, 0.25) is 0 Å². The molecule has 1 N–H and O–H groups in total. The Hall–Kier alpha value is -2.60. The average molecular weight is 352 g/mol. The molecule has 2 aromatic heterocycles. The molecule has 136 valence electrons. The maximum absolute atomic E-state index is 12.2.